The van der Waals surface area contributed by atoms with Gasteiger partial charge in [-0.25, -0.2) is 0 Å². The maximum Gasteiger partial charge on any atom is 0.416 e. The van der Waals surface area contributed by atoms with Gasteiger partial charge in [0.05, 0.1) is 5.56 Å². The first-order chi connectivity index (χ1) is 9.95. The van der Waals surface area contributed by atoms with Crippen molar-refractivity contribution in [1.82, 2.24) is 5.32 Å². The number of alkyl halides is 3. The maximum atomic E-state index is 13.3. The van der Waals surface area contributed by atoms with Crippen LogP contribution in [0.5, 0.6) is 0 Å². The van der Waals surface area contributed by atoms with Crippen LogP contribution in [0.2, 0.25) is 0 Å². The van der Waals surface area contributed by atoms with Crippen LogP contribution in [0.4, 0.5) is 13.2 Å². The molecule has 1 aromatic carbocycles. The number of benzene rings is 1. The minimum atomic E-state index is -4.30. The van der Waals surface area contributed by atoms with Crippen molar-refractivity contribution in [3.05, 3.63) is 35.4 Å². The van der Waals surface area contributed by atoms with Gasteiger partial charge in [-0.15, -0.1) is 0 Å². The fourth-order valence-corrected chi connectivity index (χ4v) is 3.00. The summed E-state index contributed by atoms with van der Waals surface area (Å²) in [7, 11) is 0. The zero-order valence-corrected chi connectivity index (χ0v) is 13.1. The van der Waals surface area contributed by atoms with Crippen molar-refractivity contribution in [3.8, 4) is 0 Å². The molecular weight excluding hydrogens is 275 g/mol. The third-order valence-corrected chi connectivity index (χ3v) is 3.82. The van der Waals surface area contributed by atoms with Gasteiger partial charge in [-0.1, -0.05) is 51.8 Å². The van der Waals surface area contributed by atoms with Crippen LogP contribution in [-0.4, -0.2) is 6.54 Å². The summed E-state index contributed by atoms with van der Waals surface area (Å²) in [6, 6.07) is 5.74. The third kappa shape index (κ3) is 5.03. The number of nitrogens with one attached hydrogen (secondary N) is 1. The molecule has 120 valence electrons. The molecule has 1 N–H and O–H groups in total. The van der Waals surface area contributed by atoms with E-state index < -0.39 is 11.7 Å². The Kier molecular flexibility index (Phi) is 7.23. The van der Waals surface area contributed by atoms with Crippen molar-refractivity contribution in [3.63, 3.8) is 0 Å². The number of hydrogen-bond donors (Lipinski definition) is 1. The molecule has 0 aromatic heterocycles. The Balaban J connectivity index is 3.21. The molecule has 1 rings (SSSR count). The number of halogens is 3. The summed E-state index contributed by atoms with van der Waals surface area (Å²) in [5.74, 6) is 0.239. The minimum absolute atomic E-state index is 0.229. The van der Waals surface area contributed by atoms with Crippen molar-refractivity contribution in [1.29, 1.82) is 0 Å². The Morgan fingerprint density at radius 2 is 1.57 bits per heavy atom. The fourth-order valence-electron chi connectivity index (χ4n) is 3.00. The smallest absolute Gasteiger partial charge is 0.310 e. The maximum absolute atomic E-state index is 13.3. The van der Waals surface area contributed by atoms with Gasteiger partial charge in [0.15, 0.2) is 0 Å². The zero-order valence-electron chi connectivity index (χ0n) is 13.1. The van der Waals surface area contributed by atoms with Gasteiger partial charge in [-0.3, -0.25) is 0 Å². The molecule has 0 fully saturated rings. The number of rotatable bonds is 8. The van der Waals surface area contributed by atoms with E-state index in [1.807, 2.05) is 6.92 Å². The van der Waals surface area contributed by atoms with Crippen molar-refractivity contribution in [2.75, 3.05) is 6.54 Å². The molecule has 1 atom stereocenters. The van der Waals surface area contributed by atoms with Crippen LogP contribution >= 0.6 is 0 Å². The van der Waals surface area contributed by atoms with Crippen LogP contribution in [0.3, 0.4) is 0 Å². The van der Waals surface area contributed by atoms with Crippen LogP contribution in [0, 0.1) is 5.92 Å². The molecule has 0 amide bonds. The quantitative estimate of drug-likeness (QED) is 0.661. The van der Waals surface area contributed by atoms with Crippen molar-refractivity contribution in [2.24, 2.45) is 5.92 Å². The summed E-state index contributed by atoms with van der Waals surface area (Å²) in [5, 5.41) is 3.28. The van der Waals surface area contributed by atoms with Gasteiger partial charge >= 0.3 is 6.18 Å². The Morgan fingerprint density at radius 1 is 1.00 bits per heavy atom. The lowest BCUT2D eigenvalue weighted by Crippen LogP contribution is -2.30. The second-order valence-electron chi connectivity index (χ2n) is 5.46. The van der Waals surface area contributed by atoms with E-state index in [0.29, 0.717) is 12.1 Å². The highest BCUT2D eigenvalue weighted by Crippen LogP contribution is 2.38. The summed E-state index contributed by atoms with van der Waals surface area (Å²) < 4.78 is 39.8. The van der Waals surface area contributed by atoms with E-state index in [1.165, 1.54) is 12.1 Å². The first kappa shape index (κ1) is 18.0. The van der Waals surface area contributed by atoms with Crippen LogP contribution < -0.4 is 5.32 Å². The SMILES string of the molecule is CCCC(CCC)C(NCC)c1ccccc1C(F)(F)F. The van der Waals surface area contributed by atoms with E-state index in [2.05, 4.69) is 19.2 Å². The summed E-state index contributed by atoms with van der Waals surface area (Å²) in [4.78, 5) is 0. The Labute approximate surface area is 125 Å². The van der Waals surface area contributed by atoms with Crippen LogP contribution in [0.25, 0.3) is 0 Å². The van der Waals surface area contributed by atoms with Crippen LogP contribution in [-0.2, 0) is 6.18 Å². The molecule has 0 aliphatic carbocycles. The molecular formula is C17H26F3N. The first-order valence-electron chi connectivity index (χ1n) is 7.85. The monoisotopic (exact) mass is 301 g/mol. The topological polar surface area (TPSA) is 12.0 Å². The predicted octanol–water partition coefficient (Wildman–Crippen LogP) is 5.57. The summed E-state index contributed by atoms with van der Waals surface area (Å²) in [5.41, 5.74) is -0.119. The van der Waals surface area contributed by atoms with E-state index >= 15 is 0 Å². The summed E-state index contributed by atoms with van der Waals surface area (Å²) >= 11 is 0. The predicted molar refractivity (Wildman–Crippen MR) is 81.2 cm³/mol. The first-order valence-corrected chi connectivity index (χ1v) is 7.85. The molecule has 0 aliphatic heterocycles. The number of hydrogen-bond acceptors (Lipinski definition) is 1. The van der Waals surface area contributed by atoms with Crippen molar-refractivity contribution in [2.45, 2.75) is 58.7 Å². The zero-order chi connectivity index (χ0) is 15.9. The highest BCUT2D eigenvalue weighted by atomic mass is 19.4. The standard InChI is InChI=1S/C17H26F3N/c1-4-9-13(10-5-2)16(21-6-3)14-11-7-8-12-15(14)17(18,19)20/h7-8,11-13,16,21H,4-6,9-10H2,1-3H3. The van der Waals surface area contributed by atoms with Crippen LogP contribution in [0.15, 0.2) is 24.3 Å². The summed E-state index contributed by atoms with van der Waals surface area (Å²) in [6.07, 6.45) is -0.440. The van der Waals surface area contributed by atoms with Crippen LogP contribution in [0.1, 0.15) is 63.6 Å². The second-order valence-corrected chi connectivity index (χ2v) is 5.46. The van der Waals surface area contributed by atoms with E-state index in [0.717, 1.165) is 25.7 Å². The van der Waals surface area contributed by atoms with Gasteiger partial charge in [0.1, 0.15) is 0 Å². The van der Waals surface area contributed by atoms with E-state index in [1.54, 1.807) is 12.1 Å². The van der Waals surface area contributed by atoms with Crippen molar-refractivity contribution >= 4 is 0 Å². The molecule has 21 heavy (non-hydrogen) atoms. The third-order valence-electron chi connectivity index (χ3n) is 3.82. The minimum Gasteiger partial charge on any atom is -0.310 e. The molecule has 0 radical (unpaired) electrons. The van der Waals surface area contributed by atoms with Crippen molar-refractivity contribution < 1.29 is 13.2 Å². The normalized spacial score (nSPS) is 13.7. The van der Waals surface area contributed by atoms with Gasteiger partial charge in [-0.2, -0.15) is 13.2 Å². The molecule has 1 nitrogen and oxygen atoms in total. The lowest BCUT2D eigenvalue weighted by molar-refractivity contribution is -0.138. The molecule has 0 saturated heterocycles. The van der Waals surface area contributed by atoms with E-state index in [4.69, 9.17) is 0 Å². The second kappa shape index (κ2) is 8.42. The largest absolute Gasteiger partial charge is 0.416 e. The highest BCUT2D eigenvalue weighted by Gasteiger charge is 2.36. The van der Waals surface area contributed by atoms with E-state index in [9.17, 15) is 13.2 Å². The lowest BCUT2D eigenvalue weighted by Gasteiger charge is -2.30. The van der Waals surface area contributed by atoms with E-state index in [-0.39, 0.29) is 12.0 Å². The lowest BCUT2D eigenvalue weighted by atomic mass is 9.84. The molecule has 0 heterocycles. The molecule has 4 heteroatoms. The molecule has 0 aliphatic rings. The average Bonchev–Trinajstić information content (AvgIpc) is 2.44. The Hall–Kier alpha value is -1.03. The Bertz CT molecular complexity index is 409. The Morgan fingerprint density at radius 3 is 2.05 bits per heavy atom. The van der Waals surface area contributed by atoms with Gasteiger partial charge in [0, 0.05) is 6.04 Å². The molecule has 0 spiro atoms. The molecule has 0 bridgehead atoms. The molecule has 0 saturated carbocycles. The average molecular weight is 301 g/mol. The van der Waals surface area contributed by atoms with Gasteiger partial charge in [0.2, 0.25) is 0 Å². The van der Waals surface area contributed by atoms with Gasteiger partial charge in [0.25, 0.3) is 0 Å². The highest BCUT2D eigenvalue weighted by molar-refractivity contribution is 5.33. The molecule has 1 aromatic rings. The molecule has 1 unspecified atom stereocenters. The summed E-state index contributed by atoms with van der Waals surface area (Å²) in [6.45, 7) is 6.78. The fraction of sp³-hybridized carbons (Fsp3) is 0.647. The van der Waals surface area contributed by atoms with Gasteiger partial charge in [-0.05, 0) is 36.9 Å². The van der Waals surface area contributed by atoms with Gasteiger partial charge < -0.3 is 5.32 Å².